The molecule has 0 aromatic heterocycles. The van der Waals surface area contributed by atoms with Gasteiger partial charge in [-0.1, -0.05) is 18.2 Å². The number of anilines is 1. The molecule has 0 amide bonds. The van der Waals surface area contributed by atoms with Crippen LogP contribution in [0.25, 0.3) is 0 Å². The highest BCUT2D eigenvalue weighted by Crippen LogP contribution is 2.22. The van der Waals surface area contributed by atoms with Crippen molar-refractivity contribution in [2.24, 2.45) is 5.90 Å². The molecule has 0 bridgehead atoms. The summed E-state index contributed by atoms with van der Waals surface area (Å²) in [7, 11) is 0. The van der Waals surface area contributed by atoms with E-state index in [1.165, 1.54) is 5.69 Å². The Morgan fingerprint density at radius 1 is 1.17 bits per heavy atom. The summed E-state index contributed by atoms with van der Waals surface area (Å²) in [5.41, 5.74) is 2.42. The van der Waals surface area contributed by atoms with E-state index in [2.05, 4.69) is 41.8 Å². The first-order valence-electron chi connectivity index (χ1n) is 6.61. The summed E-state index contributed by atoms with van der Waals surface area (Å²) in [6.07, 6.45) is 0. The molecule has 1 aromatic rings. The third kappa shape index (κ3) is 3.02. The van der Waals surface area contributed by atoms with Gasteiger partial charge in [-0.05, 0) is 19.9 Å². The smallest absolute Gasteiger partial charge is 0.0950 e. The summed E-state index contributed by atoms with van der Waals surface area (Å²) in [5, 5.41) is 0. The van der Waals surface area contributed by atoms with Crippen molar-refractivity contribution in [2.75, 3.05) is 31.1 Å². The normalized spacial score (nSPS) is 17.4. The molecule has 1 aliphatic heterocycles. The Morgan fingerprint density at radius 2 is 1.83 bits per heavy atom. The molecule has 1 heterocycles. The SMILES string of the molecule is CC(C)N1CCN(c2ccccc2CON)CC1. The molecule has 1 saturated heterocycles. The van der Waals surface area contributed by atoms with Crippen LogP contribution in [0.4, 0.5) is 5.69 Å². The Hall–Kier alpha value is -1.10. The second kappa shape index (κ2) is 6.18. The van der Waals surface area contributed by atoms with Gasteiger partial charge in [0.1, 0.15) is 0 Å². The van der Waals surface area contributed by atoms with Gasteiger partial charge in [-0.2, -0.15) is 0 Å². The Morgan fingerprint density at radius 3 is 2.44 bits per heavy atom. The standard InChI is InChI=1S/C14H23N3O/c1-12(2)16-7-9-17(10-8-16)14-6-4-3-5-13(14)11-18-15/h3-6,12H,7-11,15H2,1-2H3. The maximum Gasteiger partial charge on any atom is 0.0950 e. The summed E-state index contributed by atoms with van der Waals surface area (Å²) in [4.78, 5) is 9.72. The van der Waals surface area contributed by atoms with E-state index in [9.17, 15) is 0 Å². The van der Waals surface area contributed by atoms with Crippen LogP contribution in [0.5, 0.6) is 0 Å². The fraction of sp³-hybridized carbons (Fsp3) is 0.571. The van der Waals surface area contributed by atoms with Gasteiger partial charge in [0.2, 0.25) is 0 Å². The lowest BCUT2D eigenvalue weighted by atomic mass is 10.1. The monoisotopic (exact) mass is 249 g/mol. The minimum atomic E-state index is 0.473. The molecule has 0 atom stereocenters. The minimum absolute atomic E-state index is 0.473. The van der Waals surface area contributed by atoms with Crippen molar-refractivity contribution < 1.29 is 4.84 Å². The molecule has 0 unspecified atom stereocenters. The van der Waals surface area contributed by atoms with Crippen molar-refractivity contribution in [3.63, 3.8) is 0 Å². The zero-order valence-electron chi connectivity index (χ0n) is 11.3. The van der Waals surface area contributed by atoms with E-state index in [1.54, 1.807) is 0 Å². The van der Waals surface area contributed by atoms with E-state index < -0.39 is 0 Å². The Kier molecular flexibility index (Phi) is 4.58. The minimum Gasteiger partial charge on any atom is -0.369 e. The van der Waals surface area contributed by atoms with E-state index in [-0.39, 0.29) is 0 Å². The molecular weight excluding hydrogens is 226 g/mol. The van der Waals surface area contributed by atoms with Gasteiger partial charge in [-0.3, -0.25) is 9.74 Å². The lowest BCUT2D eigenvalue weighted by molar-refractivity contribution is 0.124. The molecule has 0 aliphatic carbocycles. The average molecular weight is 249 g/mol. The average Bonchev–Trinajstić information content (AvgIpc) is 2.40. The zero-order chi connectivity index (χ0) is 13.0. The van der Waals surface area contributed by atoms with Gasteiger partial charge in [0, 0.05) is 43.5 Å². The molecule has 1 aliphatic rings. The van der Waals surface area contributed by atoms with Crippen molar-refractivity contribution in [2.45, 2.75) is 26.5 Å². The van der Waals surface area contributed by atoms with Gasteiger partial charge < -0.3 is 4.90 Å². The van der Waals surface area contributed by atoms with Gasteiger partial charge in [-0.25, -0.2) is 5.90 Å². The first-order chi connectivity index (χ1) is 8.72. The van der Waals surface area contributed by atoms with E-state index in [4.69, 9.17) is 10.7 Å². The lowest BCUT2D eigenvalue weighted by Crippen LogP contribution is -2.49. The Balaban J connectivity index is 2.05. The van der Waals surface area contributed by atoms with Gasteiger partial charge in [0.05, 0.1) is 6.61 Å². The van der Waals surface area contributed by atoms with Gasteiger partial charge in [0.15, 0.2) is 0 Å². The summed E-state index contributed by atoms with van der Waals surface area (Å²) in [5.74, 6) is 5.19. The number of para-hydroxylation sites is 1. The Bertz CT molecular complexity index is 373. The van der Waals surface area contributed by atoms with Crippen LogP contribution >= 0.6 is 0 Å². The second-order valence-electron chi connectivity index (χ2n) is 5.06. The van der Waals surface area contributed by atoms with Crippen LogP contribution in [-0.2, 0) is 11.4 Å². The summed E-state index contributed by atoms with van der Waals surface area (Å²) >= 11 is 0. The summed E-state index contributed by atoms with van der Waals surface area (Å²) in [6, 6.07) is 8.97. The number of piperazine rings is 1. The molecule has 0 spiro atoms. The van der Waals surface area contributed by atoms with Crippen molar-refractivity contribution in [1.29, 1.82) is 0 Å². The highest BCUT2D eigenvalue weighted by atomic mass is 16.6. The van der Waals surface area contributed by atoms with Crippen molar-refractivity contribution in [3.05, 3.63) is 29.8 Å². The molecule has 4 heteroatoms. The molecular formula is C14H23N3O. The lowest BCUT2D eigenvalue weighted by Gasteiger charge is -2.38. The van der Waals surface area contributed by atoms with Gasteiger partial charge >= 0.3 is 0 Å². The molecule has 2 N–H and O–H groups in total. The highest BCUT2D eigenvalue weighted by Gasteiger charge is 2.20. The van der Waals surface area contributed by atoms with Crippen molar-refractivity contribution in [3.8, 4) is 0 Å². The Labute approximate surface area is 109 Å². The number of hydrogen-bond donors (Lipinski definition) is 1. The van der Waals surface area contributed by atoms with Crippen LogP contribution in [0.2, 0.25) is 0 Å². The van der Waals surface area contributed by atoms with Crippen LogP contribution in [0, 0.1) is 0 Å². The summed E-state index contributed by atoms with van der Waals surface area (Å²) < 4.78 is 0. The van der Waals surface area contributed by atoms with E-state index in [0.29, 0.717) is 12.6 Å². The predicted molar refractivity (Wildman–Crippen MR) is 74.3 cm³/mol. The van der Waals surface area contributed by atoms with E-state index in [1.807, 2.05) is 6.07 Å². The number of rotatable bonds is 4. The summed E-state index contributed by atoms with van der Waals surface area (Å²) in [6.45, 7) is 9.36. The molecule has 4 nitrogen and oxygen atoms in total. The predicted octanol–water partition coefficient (Wildman–Crippen LogP) is 1.61. The van der Waals surface area contributed by atoms with Crippen LogP contribution in [0.15, 0.2) is 24.3 Å². The van der Waals surface area contributed by atoms with E-state index >= 15 is 0 Å². The maximum atomic E-state index is 5.19. The second-order valence-corrected chi connectivity index (χ2v) is 5.06. The number of nitrogens with two attached hydrogens (primary N) is 1. The fourth-order valence-corrected chi connectivity index (χ4v) is 2.51. The first kappa shape index (κ1) is 13.3. The fourth-order valence-electron chi connectivity index (χ4n) is 2.51. The van der Waals surface area contributed by atoms with Crippen LogP contribution in [0.3, 0.4) is 0 Å². The number of benzene rings is 1. The van der Waals surface area contributed by atoms with Crippen LogP contribution < -0.4 is 10.8 Å². The maximum absolute atomic E-state index is 5.19. The van der Waals surface area contributed by atoms with Crippen LogP contribution in [0.1, 0.15) is 19.4 Å². The van der Waals surface area contributed by atoms with Crippen molar-refractivity contribution >= 4 is 5.69 Å². The third-order valence-electron chi connectivity index (χ3n) is 3.62. The number of nitrogens with zero attached hydrogens (tertiary/aromatic N) is 2. The molecule has 2 rings (SSSR count). The van der Waals surface area contributed by atoms with E-state index in [0.717, 1.165) is 31.7 Å². The zero-order valence-corrected chi connectivity index (χ0v) is 11.3. The topological polar surface area (TPSA) is 41.7 Å². The molecule has 100 valence electrons. The largest absolute Gasteiger partial charge is 0.369 e. The molecule has 0 saturated carbocycles. The quantitative estimate of drug-likeness (QED) is 0.823. The molecule has 1 aromatic carbocycles. The third-order valence-corrected chi connectivity index (χ3v) is 3.62. The molecule has 18 heavy (non-hydrogen) atoms. The van der Waals surface area contributed by atoms with Crippen LogP contribution in [-0.4, -0.2) is 37.1 Å². The van der Waals surface area contributed by atoms with Crippen molar-refractivity contribution in [1.82, 2.24) is 4.90 Å². The number of hydrogen-bond acceptors (Lipinski definition) is 4. The molecule has 0 radical (unpaired) electrons. The highest BCUT2D eigenvalue weighted by molar-refractivity contribution is 5.53. The first-order valence-corrected chi connectivity index (χ1v) is 6.61. The van der Waals surface area contributed by atoms with Gasteiger partial charge in [-0.15, -0.1) is 0 Å². The van der Waals surface area contributed by atoms with Gasteiger partial charge in [0.25, 0.3) is 0 Å². The molecule has 1 fully saturated rings.